The van der Waals surface area contributed by atoms with Crippen LogP contribution in [0.4, 0.5) is 5.69 Å². The highest BCUT2D eigenvalue weighted by atomic mass is 35.7. The van der Waals surface area contributed by atoms with Gasteiger partial charge in [-0.05, 0) is 6.07 Å². The third-order valence-corrected chi connectivity index (χ3v) is 4.47. The van der Waals surface area contributed by atoms with Crippen LogP contribution >= 0.6 is 22.0 Å². The number of nitrogens with zero attached hydrogens (tertiary/aromatic N) is 1. The van der Waals surface area contributed by atoms with Crippen molar-refractivity contribution in [1.29, 1.82) is 0 Å². The lowest BCUT2D eigenvalue weighted by Crippen LogP contribution is -1.90. The predicted octanol–water partition coefficient (Wildman–Crippen LogP) is 2.74. The number of nitro benzene ring substituents is 1. The molecule has 0 radical (unpaired) electrons. The van der Waals surface area contributed by atoms with Crippen LogP contribution < -0.4 is 0 Å². The Morgan fingerprint density at radius 3 is 2.62 bits per heavy atom. The third-order valence-electron chi connectivity index (χ3n) is 2.00. The fraction of sp³-hybridized carbons (Fsp3) is 0. The highest BCUT2D eigenvalue weighted by Crippen LogP contribution is 2.33. The van der Waals surface area contributed by atoms with Crippen LogP contribution in [0.3, 0.4) is 0 Å². The van der Waals surface area contributed by atoms with Crippen LogP contribution in [0.2, 0.25) is 0 Å². The van der Waals surface area contributed by atoms with Crippen LogP contribution in [0.15, 0.2) is 28.5 Å². The first-order chi connectivity index (χ1) is 7.39. The van der Waals surface area contributed by atoms with Crippen molar-refractivity contribution in [2.24, 2.45) is 0 Å². The first kappa shape index (κ1) is 11.3. The Balaban J connectivity index is 2.80. The molecule has 16 heavy (non-hydrogen) atoms. The van der Waals surface area contributed by atoms with E-state index in [9.17, 15) is 18.5 Å². The second-order valence-electron chi connectivity index (χ2n) is 2.98. The van der Waals surface area contributed by atoms with E-state index >= 15 is 0 Å². The van der Waals surface area contributed by atoms with Gasteiger partial charge in [0.2, 0.25) is 0 Å². The van der Waals surface area contributed by atoms with E-state index in [1.807, 2.05) is 0 Å². The molecule has 1 aromatic carbocycles. The number of rotatable bonds is 2. The topological polar surface area (TPSA) is 77.3 Å². The molecule has 0 aliphatic rings. The lowest BCUT2D eigenvalue weighted by Gasteiger charge is -1.94. The molecule has 1 heterocycles. The summed E-state index contributed by atoms with van der Waals surface area (Å²) in [6.07, 6.45) is 0. The molecular formula is C8H4ClNO4S2. The summed E-state index contributed by atoms with van der Waals surface area (Å²) in [6, 6.07) is 4.04. The first-order valence-electron chi connectivity index (χ1n) is 4.00. The van der Waals surface area contributed by atoms with Gasteiger partial charge in [0.15, 0.2) is 0 Å². The van der Waals surface area contributed by atoms with Gasteiger partial charge in [-0.15, -0.1) is 11.3 Å². The van der Waals surface area contributed by atoms with Crippen molar-refractivity contribution in [3.63, 3.8) is 0 Å². The molecular weight excluding hydrogens is 274 g/mol. The second-order valence-corrected chi connectivity index (χ2v) is 6.42. The summed E-state index contributed by atoms with van der Waals surface area (Å²) in [6.45, 7) is 0. The number of fused-ring (bicyclic) bond motifs is 1. The summed E-state index contributed by atoms with van der Waals surface area (Å²) >= 11 is 1.18. The van der Waals surface area contributed by atoms with E-state index in [1.54, 1.807) is 0 Å². The zero-order valence-corrected chi connectivity index (χ0v) is 9.97. The van der Waals surface area contributed by atoms with Gasteiger partial charge in [-0.25, -0.2) is 8.42 Å². The number of benzene rings is 1. The number of nitro groups is 1. The van der Waals surface area contributed by atoms with Crippen molar-refractivity contribution in [3.8, 4) is 0 Å². The maximum absolute atomic E-state index is 11.2. The van der Waals surface area contributed by atoms with Gasteiger partial charge >= 0.3 is 0 Å². The van der Waals surface area contributed by atoms with Gasteiger partial charge < -0.3 is 0 Å². The number of halogens is 1. The largest absolute Gasteiger partial charge is 0.270 e. The number of hydrogen-bond acceptors (Lipinski definition) is 5. The molecule has 5 nitrogen and oxygen atoms in total. The zero-order valence-electron chi connectivity index (χ0n) is 7.58. The van der Waals surface area contributed by atoms with Crippen LogP contribution in [0.25, 0.3) is 10.1 Å². The summed E-state index contributed by atoms with van der Waals surface area (Å²) in [5.41, 5.74) is -0.160. The van der Waals surface area contributed by atoms with Gasteiger partial charge in [0.1, 0.15) is 4.90 Å². The molecule has 0 bridgehead atoms. The van der Waals surface area contributed by atoms with Crippen molar-refractivity contribution in [2.45, 2.75) is 4.90 Å². The molecule has 0 fully saturated rings. The van der Waals surface area contributed by atoms with Gasteiger partial charge in [-0.3, -0.25) is 10.1 Å². The van der Waals surface area contributed by atoms with Gasteiger partial charge in [0.05, 0.1) is 4.92 Å². The Hall–Kier alpha value is -1.18. The molecule has 0 saturated carbocycles. The molecule has 0 aliphatic carbocycles. The molecule has 0 N–H and O–H groups in total. The van der Waals surface area contributed by atoms with Crippen molar-refractivity contribution in [2.75, 3.05) is 0 Å². The van der Waals surface area contributed by atoms with Crippen LogP contribution in [-0.2, 0) is 9.05 Å². The molecule has 0 amide bonds. The Morgan fingerprint density at radius 2 is 2.06 bits per heavy atom. The van der Waals surface area contributed by atoms with Crippen LogP contribution in [0.1, 0.15) is 0 Å². The Kier molecular flexibility index (Phi) is 2.61. The molecule has 84 valence electrons. The fourth-order valence-electron chi connectivity index (χ4n) is 1.30. The van der Waals surface area contributed by atoms with Crippen LogP contribution in [0.5, 0.6) is 0 Å². The second kappa shape index (κ2) is 3.69. The van der Waals surface area contributed by atoms with Crippen molar-refractivity contribution < 1.29 is 13.3 Å². The SMILES string of the molecule is O=[N+]([O-])c1ccc2scc(S(=O)(=O)Cl)c2c1. The quantitative estimate of drug-likeness (QED) is 0.480. The molecule has 0 aliphatic heterocycles. The zero-order chi connectivity index (χ0) is 11.9. The first-order valence-corrected chi connectivity index (χ1v) is 7.19. The van der Waals surface area contributed by atoms with Crippen molar-refractivity contribution in [1.82, 2.24) is 0 Å². The third kappa shape index (κ3) is 1.89. The summed E-state index contributed by atoms with van der Waals surface area (Å²) in [5.74, 6) is 0. The maximum Gasteiger partial charge on any atom is 0.270 e. The number of non-ortho nitro benzene ring substituents is 1. The van der Waals surface area contributed by atoms with E-state index in [-0.39, 0.29) is 16.0 Å². The van der Waals surface area contributed by atoms with Crippen LogP contribution in [-0.4, -0.2) is 13.3 Å². The number of thiophene rings is 1. The smallest absolute Gasteiger partial charge is 0.258 e. The molecule has 0 saturated heterocycles. The highest BCUT2D eigenvalue weighted by Gasteiger charge is 2.18. The van der Waals surface area contributed by atoms with Crippen molar-refractivity contribution >= 4 is 46.8 Å². The van der Waals surface area contributed by atoms with Gasteiger partial charge in [-0.2, -0.15) is 0 Å². The minimum Gasteiger partial charge on any atom is -0.258 e. The highest BCUT2D eigenvalue weighted by molar-refractivity contribution is 8.14. The Labute approximate surface area is 98.8 Å². The van der Waals surface area contributed by atoms with E-state index in [2.05, 4.69) is 0 Å². The maximum atomic E-state index is 11.2. The van der Waals surface area contributed by atoms with E-state index in [1.165, 1.54) is 34.9 Å². The lowest BCUT2D eigenvalue weighted by molar-refractivity contribution is -0.384. The fourth-order valence-corrected chi connectivity index (χ4v) is 3.78. The molecule has 2 aromatic rings. The molecule has 8 heteroatoms. The number of hydrogen-bond donors (Lipinski definition) is 0. The van der Waals surface area contributed by atoms with E-state index < -0.39 is 14.0 Å². The monoisotopic (exact) mass is 277 g/mol. The standard InChI is InChI=1S/C8H4ClNO4S2/c9-16(13,14)8-4-15-7-2-1-5(10(11)12)3-6(7)8/h1-4H. The summed E-state index contributed by atoms with van der Waals surface area (Å²) in [7, 11) is 1.35. The average Bonchev–Trinajstić information content (AvgIpc) is 2.58. The Bertz CT molecular complexity index is 676. The summed E-state index contributed by atoms with van der Waals surface area (Å²) < 4.78 is 23.0. The molecule has 0 atom stereocenters. The van der Waals surface area contributed by atoms with Crippen LogP contribution in [0, 0.1) is 10.1 Å². The Morgan fingerprint density at radius 1 is 1.38 bits per heavy atom. The molecule has 1 aromatic heterocycles. The minimum absolute atomic E-state index is 0.0853. The normalized spacial score (nSPS) is 11.8. The van der Waals surface area contributed by atoms with Gasteiger partial charge in [0.25, 0.3) is 14.7 Å². The molecule has 0 spiro atoms. The van der Waals surface area contributed by atoms with Gasteiger partial charge in [0, 0.05) is 38.3 Å². The minimum atomic E-state index is -3.87. The van der Waals surface area contributed by atoms with Crippen molar-refractivity contribution in [3.05, 3.63) is 33.7 Å². The average molecular weight is 278 g/mol. The molecule has 0 unspecified atom stereocenters. The lowest BCUT2D eigenvalue weighted by atomic mass is 10.2. The van der Waals surface area contributed by atoms with E-state index in [0.717, 1.165) is 0 Å². The summed E-state index contributed by atoms with van der Waals surface area (Å²) in [5, 5.41) is 12.2. The van der Waals surface area contributed by atoms with E-state index in [4.69, 9.17) is 10.7 Å². The van der Waals surface area contributed by atoms with Gasteiger partial charge in [-0.1, -0.05) is 0 Å². The predicted molar refractivity (Wildman–Crippen MR) is 61.5 cm³/mol. The molecule has 2 rings (SSSR count). The van der Waals surface area contributed by atoms with E-state index in [0.29, 0.717) is 4.70 Å². The summed E-state index contributed by atoms with van der Waals surface area (Å²) in [4.78, 5) is 9.89.